The van der Waals surface area contributed by atoms with Gasteiger partial charge in [-0.2, -0.15) is 5.10 Å². The smallest absolute Gasteiger partial charge is 0.123 e. The number of aliphatic hydroxyl groups excluding tert-OH is 1. The lowest BCUT2D eigenvalue weighted by molar-refractivity contribution is 0.176. The molecule has 1 fully saturated rings. The second-order valence-electron chi connectivity index (χ2n) is 7.83. The van der Waals surface area contributed by atoms with Gasteiger partial charge in [0.25, 0.3) is 0 Å². The SMILES string of the molecule is Cn1nc(-c2ccc(F)cc2)c(-c2ccncc2)c1C1=CC2CC(O)CN2CC1. The molecule has 0 radical (unpaired) electrons. The first-order valence-corrected chi connectivity index (χ1v) is 9.96. The molecule has 29 heavy (non-hydrogen) atoms. The van der Waals surface area contributed by atoms with Gasteiger partial charge >= 0.3 is 0 Å². The fourth-order valence-corrected chi connectivity index (χ4v) is 4.61. The third-order valence-corrected chi connectivity index (χ3v) is 5.93. The third kappa shape index (κ3) is 3.28. The summed E-state index contributed by atoms with van der Waals surface area (Å²) in [5.74, 6) is -0.259. The van der Waals surface area contributed by atoms with Gasteiger partial charge in [-0.25, -0.2) is 4.39 Å². The van der Waals surface area contributed by atoms with Crippen molar-refractivity contribution in [2.24, 2.45) is 7.05 Å². The standard InChI is InChI=1S/C23H23FN4O/c1-27-23(17-8-11-28-14-20(29)13-19(28)12-17)21(15-6-9-25-10-7-15)22(26-27)16-2-4-18(24)5-3-16/h2-7,9-10,12,19-20,29H,8,11,13-14H2,1H3. The number of hydrogen-bond acceptors (Lipinski definition) is 4. The molecule has 0 aliphatic carbocycles. The zero-order valence-electron chi connectivity index (χ0n) is 16.3. The highest BCUT2D eigenvalue weighted by molar-refractivity contribution is 5.90. The lowest BCUT2D eigenvalue weighted by Crippen LogP contribution is -2.33. The zero-order chi connectivity index (χ0) is 20.0. The van der Waals surface area contributed by atoms with Gasteiger partial charge in [0.2, 0.25) is 0 Å². The number of aliphatic hydroxyl groups is 1. The number of aromatic nitrogens is 3. The van der Waals surface area contributed by atoms with Gasteiger partial charge in [-0.05, 0) is 60.4 Å². The lowest BCUT2D eigenvalue weighted by atomic mass is 9.92. The molecule has 1 aromatic carbocycles. The van der Waals surface area contributed by atoms with Gasteiger partial charge in [0.15, 0.2) is 0 Å². The van der Waals surface area contributed by atoms with E-state index in [0.717, 1.165) is 54.0 Å². The summed E-state index contributed by atoms with van der Waals surface area (Å²) in [5, 5.41) is 14.9. The molecule has 5 rings (SSSR count). The number of fused-ring (bicyclic) bond motifs is 1. The molecule has 0 spiro atoms. The van der Waals surface area contributed by atoms with Crippen molar-refractivity contribution in [2.75, 3.05) is 13.1 Å². The molecule has 2 aliphatic heterocycles. The van der Waals surface area contributed by atoms with E-state index in [1.54, 1.807) is 24.5 Å². The molecule has 2 aromatic heterocycles. The summed E-state index contributed by atoms with van der Waals surface area (Å²) in [6, 6.07) is 10.7. The van der Waals surface area contributed by atoms with Crippen LogP contribution in [0.5, 0.6) is 0 Å². The second kappa shape index (κ2) is 7.21. The highest BCUT2D eigenvalue weighted by Gasteiger charge is 2.34. The van der Waals surface area contributed by atoms with Crippen molar-refractivity contribution >= 4 is 5.57 Å². The Hall–Kier alpha value is -2.83. The van der Waals surface area contributed by atoms with Crippen LogP contribution in [0.1, 0.15) is 18.5 Å². The molecule has 4 heterocycles. The maximum absolute atomic E-state index is 13.5. The molecule has 148 valence electrons. The van der Waals surface area contributed by atoms with Crippen LogP contribution in [-0.2, 0) is 7.05 Å². The molecular weight excluding hydrogens is 367 g/mol. The van der Waals surface area contributed by atoms with Crippen LogP contribution >= 0.6 is 0 Å². The number of nitrogens with zero attached hydrogens (tertiary/aromatic N) is 4. The van der Waals surface area contributed by atoms with E-state index in [2.05, 4.69) is 16.0 Å². The predicted octanol–water partition coefficient (Wildman–Crippen LogP) is 3.51. The Bertz CT molecular complexity index is 1060. The molecule has 2 atom stereocenters. The molecule has 2 aliphatic rings. The Labute approximate surface area is 169 Å². The summed E-state index contributed by atoms with van der Waals surface area (Å²) < 4.78 is 15.4. The maximum atomic E-state index is 13.5. The van der Waals surface area contributed by atoms with Crippen LogP contribution in [0, 0.1) is 5.82 Å². The van der Waals surface area contributed by atoms with Crippen molar-refractivity contribution in [3.8, 4) is 22.4 Å². The quantitative estimate of drug-likeness (QED) is 0.744. The minimum Gasteiger partial charge on any atom is -0.392 e. The average molecular weight is 390 g/mol. The van der Waals surface area contributed by atoms with Gasteiger partial charge < -0.3 is 5.11 Å². The number of rotatable bonds is 3. The van der Waals surface area contributed by atoms with Crippen LogP contribution in [0.2, 0.25) is 0 Å². The van der Waals surface area contributed by atoms with Gasteiger partial charge in [-0.15, -0.1) is 0 Å². The Morgan fingerprint density at radius 3 is 2.59 bits per heavy atom. The predicted molar refractivity (Wildman–Crippen MR) is 110 cm³/mol. The molecule has 0 saturated carbocycles. The van der Waals surface area contributed by atoms with Crippen LogP contribution in [0.3, 0.4) is 0 Å². The van der Waals surface area contributed by atoms with E-state index < -0.39 is 0 Å². The molecular formula is C23H23FN4O. The summed E-state index contributed by atoms with van der Waals surface area (Å²) in [5.41, 5.74) is 6.13. The molecule has 5 nitrogen and oxygen atoms in total. The van der Waals surface area contributed by atoms with Gasteiger partial charge in [-0.1, -0.05) is 6.08 Å². The second-order valence-corrected chi connectivity index (χ2v) is 7.83. The molecule has 1 N–H and O–H groups in total. The van der Waals surface area contributed by atoms with E-state index in [0.29, 0.717) is 0 Å². The van der Waals surface area contributed by atoms with E-state index in [4.69, 9.17) is 5.10 Å². The number of pyridine rings is 1. The molecule has 0 bridgehead atoms. The summed E-state index contributed by atoms with van der Waals surface area (Å²) >= 11 is 0. The van der Waals surface area contributed by atoms with Crippen molar-refractivity contribution in [1.29, 1.82) is 0 Å². The molecule has 1 saturated heterocycles. The van der Waals surface area contributed by atoms with Crippen LogP contribution in [-0.4, -0.2) is 50.0 Å². The first kappa shape index (κ1) is 18.2. The van der Waals surface area contributed by atoms with E-state index >= 15 is 0 Å². The fraction of sp³-hybridized carbons (Fsp3) is 0.304. The maximum Gasteiger partial charge on any atom is 0.123 e. The molecule has 6 heteroatoms. The summed E-state index contributed by atoms with van der Waals surface area (Å²) in [4.78, 5) is 6.50. The lowest BCUT2D eigenvalue weighted by Gasteiger charge is -2.28. The van der Waals surface area contributed by atoms with Gasteiger partial charge in [0.05, 0.1) is 11.8 Å². The van der Waals surface area contributed by atoms with E-state index in [-0.39, 0.29) is 18.0 Å². The Morgan fingerprint density at radius 1 is 1.07 bits per heavy atom. The topological polar surface area (TPSA) is 54.2 Å². The largest absolute Gasteiger partial charge is 0.392 e. The summed E-state index contributed by atoms with van der Waals surface area (Å²) in [6.45, 7) is 1.68. The normalized spacial score (nSPS) is 21.8. The van der Waals surface area contributed by atoms with Crippen LogP contribution in [0.4, 0.5) is 4.39 Å². The number of hydrogen-bond donors (Lipinski definition) is 1. The monoisotopic (exact) mass is 390 g/mol. The summed E-state index contributed by atoms with van der Waals surface area (Å²) in [6.07, 6.45) is 7.28. The van der Waals surface area contributed by atoms with E-state index in [1.807, 2.05) is 23.9 Å². The summed E-state index contributed by atoms with van der Waals surface area (Å²) in [7, 11) is 1.96. The van der Waals surface area contributed by atoms with Gasteiger partial charge in [0, 0.05) is 49.7 Å². The molecule has 2 unspecified atom stereocenters. The number of benzene rings is 1. The van der Waals surface area contributed by atoms with Gasteiger partial charge in [0.1, 0.15) is 11.5 Å². The van der Waals surface area contributed by atoms with Crippen molar-refractivity contribution in [1.82, 2.24) is 19.7 Å². The van der Waals surface area contributed by atoms with E-state index in [1.165, 1.54) is 17.7 Å². The third-order valence-electron chi connectivity index (χ3n) is 5.93. The first-order chi connectivity index (χ1) is 14.1. The minimum absolute atomic E-state index is 0.253. The van der Waals surface area contributed by atoms with Crippen molar-refractivity contribution < 1.29 is 9.50 Å². The highest BCUT2D eigenvalue weighted by atomic mass is 19.1. The number of halogens is 1. The minimum atomic E-state index is -0.259. The highest BCUT2D eigenvalue weighted by Crippen LogP contribution is 2.40. The fourth-order valence-electron chi connectivity index (χ4n) is 4.61. The van der Waals surface area contributed by atoms with Crippen molar-refractivity contribution in [2.45, 2.75) is 25.0 Å². The Kier molecular flexibility index (Phi) is 4.53. The first-order valence-electron chi connectivity index (χ1n) is 9.96. The number of aryl methyl sites for hydroxylation is 1. The molecule has 3 aromatic rings. The van der Waals surface area contributed by atoms with Crippen LogP contribution in [0.25, 0.3) is 28.0 Å². The Morgan fingerprint density at radius 2 is 1.83 bits per heavy atom. The van der Waals surface area contributed by atoms with Crippen LogP contribution < -0.4 is 0 Å². The van der Waals surface area contributed by atoms with Crippen LogP contribution in [0.15, 0.2) is 54.9 Å². The zero-order valence-corrected chi connectivity index (χ0v) is 16.3. The van der Waals surface area contributed by atoms with Crippen molar-refractivity contribution in [3.63, 3.8) is 0 Å². The molecule has 0 amide bonds. The van der Waals surface area contributed by atoms with Gasteiger partial charge in [-0.3, -0.25) is 14.6 Å². The van der Waals surface area contributed by atoms with E-state index in [9.17, 15) is 9.50 Å². The average Bonchev–Trinajstić information content (AvgIpc) is 3.27. The van der Waals surface area contributed by atoms with Crippen molar-refractivity contribution in [3.05, 3.63) is 66.4 Å². The Balaban J connectivity index is 1.68.